The second kappa shape index (κ2) is 12.3. The van der Waals surface area contributed by atoms with Crippen molar-refractivity contribution in [2.45, 2.75) is 117 Å². The van der Waals surface area contributed by atoms with E-state index in [1.807, 2.05) is 66.1 Å². The minimum Gasteiger partial charge on any atom is -0.492 e. The fourth-order valence-corrected chi connectivity index (χ4v) is 6.65. The van der Waals surface area contributed by atoms with E-state index in [0.29, 0.717) is 11.3 Å². The van der Waals surface area contributed by atoms with Gasteiger partial charge in [-0.05, 0) is 104 Å². The van der Waals surface area contributed by atoms with Crippen LogP contribution in [0, 0.1) is 18.3 Å². The van der Waals surface area contributed by atoms with E-state index in [2.05, 4.69) is 4.90 Å². The third kappa shape index (κ3) is 7.04. The Labute approximate surface area is 246 Å². The van der Waals surface area contributed by atoms with E-state index >= 15 is 0 Å². The van der Waals surface area contributed by atoms with Crippen LogP contribution in [0.2, 0.25) is 0 Å². The third-order valence-electron chi connectivity index (χ3n) is 9.11. The number of rotatable bonds is 9. The fourth-order valence-electron chi connectivity index (χ4n) is 6.65. The lowest BCUT2D eigenvalue weighted by molar-refractivity contribution is -0.171. The number of hydrogen-bond acceptors (Lipinski definition) is 7. The summed E-state index contributed by atoms with van der Waals surface area (Å²) in [5, 5.41) is 0. The Balaban J connectivity index is 1.55. The van der Waals surface area contributed by atoms with Gasteiger partial charge in [0, 0.05) is 36.1 Å². The highest BCUT2D eigenvalue weighted by molar-refractivity contribution is 5.86. The van der Waals surface area contributed by atoms with Crippen molar-refractivity contribution in [2.75, 3.05) is 24.6 Å². The molecule has 0 amide bonds. The van der Waals surface area contributed by atoms with E-state index in [4.69, 9.17) is 24.2 Å². The summed E-state index contributed by atoms with van der Waals surface area (Å²) >= 11 is 0. The Morgan fingerprint density at radius 1 is 1.02 bits per heavy atom. The monoisotopic (exact) mass is 563 g/mol. The van der Waals surface area contributed by atoms with Crippen LogP contribution in [0.5, 0.6) is 5.75 Å². The lowest BCUT2D eigenvalue weighted by atomic mass is 9.76. The topological polar surface area (TPSA) is 73.8 Å². The molecular formula is C34H49N3O4. The highest BCUT2D eigenvalue weighted by atomic mass is 16.6. The van der Waals surface area contributed by atoms with Crippen molar-refractivity contribution < 1.29 is 19.0 Å². The molecule has 0 N–H and O–H groups in total. The summed E-state index contributed by atoms with van der Waals surface area (Å²) in [5.74, 6) is 1.08. The average Bonchev–Trinajstić information content (AvgIpc) is 3.34. The molecule has 3 aliphatic rings. The number of pyridine rings is 2. The van der Waals surface area contributed by atoms with Crippen LogP contribution in [0.15, 0.2) is 24.5 Å². The molecule has 0 bridgehead atoms. The molecule has 2 saturated carbocycles. The van der Waals surface area contributed by atoms with Gasteiger partial charge in [0.15, 0.2) is 6.10 Å². The number of aryl methyl sites for hydroxylation is 1. The molecule has 1 saturated heterocycles. The van der Waals surface area contributed by atoms with Crippen LogP contribution < -0.4 is 9.64 Å². The van der Waals surface area contributed by atoms with E-state index in [1.165, 1.54) is 44.9 Å². The summed E-state index contributed by atoms with van der Waals surface area (Å²) in [6.45, 7) is 14.3. The predicted molar refractivity (Wildman–Crippen MR) is 162 cm³/mol. The summed E-state index contributed by atoms with van der Waals surface area (Å²) in [6, 6.07) is 4.02. The molecular weight excluding hydrogens is 514 g/mol. The van der Waals surface area contributed by atoms with Gasteiger partial charge in [-0.3, -0.25) is 9.97 Å². The van der Waals surface area contributed by atoms with Gasteiger partial charge in [-0.2, -0.15) is 0 Å². The maximum Gasteiger partial charge on any atom is 0.340 e. The van der Waals surface area contributed by atoms with Gasteiger partial charge in [-0.25, -0.2) is 4.79 Å². The predicted octanol–water partition coefficient (Wildman–Crippen LogP) is 7.60. The fraction of sp³-hybridized carbons (Fsp3) is 0.676. The third-order valence-corrected chi connectivity index (χ3v) is 9.11. The van der Waals surface area contributed by atoms with Crippen LogP contribution in [0.4, 0.5) is 5.69 Å². The second-order valence-electron chi connectivity index (χ2n) is 13.8. The van der Waals surface area contributed by atoms with Crippen LogP contribution in [-0.4, -0.2) is 47.3 Å². The summed E-state index contributed by atoms with van der Waals surface area (Å²) in [6.07, 6.45) is 14.1. The number of carbonyl (C=O) groups excluding carboxylic acids is 1. The smallest absolute Gasteiger partial charge is 0.340 e. The molecule has 2 aromatic rings. The first kappa shape index (κ1) is 29.8. The number of anilines is 1. The lowest BCUT2D eigenvalue weighted by Crippen LogP contribution is -2.40. The molecule has 7 nitrogen and oxygen atoms in total. The molecule has 3 fully saturated rings. The standard InChI is InChI=1S/C34H49N3O4/c1-23(2)40-32(38)31(41-33(4,5)6)29-24(3)35-21-27(28-13-12-26(20-36-28)39-22-25-10-9-11-25)30(29)37-18-16-34(17-19-37)14-7-8-15-34/h12-13,20-21,23,25,31H,7-11,14-19,22H2,1-6H3/t31-/m0/s1. The average molecular weight is 564 g/mol. The molecule has 7 heteroatoms. The zero-order valence-electron chi connectivity index (χ0n) is 26.0. The molecule has 1 atom stereocenters. The maximum absolute atomic E-state index is 13.6. The number of esters is 1. The first-order valence-corrected chi connectivity index (χ1v) is 15.8. The number of hydrogen-bond donors (Lipinski definition) is 0. The number of carbonyl (C=O) groups is 1. The number of aromatic nitrogens is 2. The molecule has 3 heterocycles. The van der Waals surface area contributed by atoms with Crippen LogP contribution in [0.3, 0.4) is 0 Å². The normalized spacial score (nSPS) is 19.8. The lowest BCUT2D eigenvalue weighted by Gasteiger charge is -2.42. The summed E-state index contributed by atoms with van der Waals surface area (Å²) in [7, 11) is 0. The van der Waals surface area contributed by atoms with Crippen LogP contribution in [0.25, 0.3) is 11.3 Å². The van der Waals surface area contributed by atoms with Crippen LogP contribution in [-0.2, 0) is 14.3 Å². The molecule has 5 rings (SSSR count). The summed E-state index contributed by atoms with van der Waals surface area (Å²) < 4.78 is 18.3. The van der Waals surface area contributed by atoms with Crippen LogP contribution in [0.1, 0.15) is 110 Å². The zero-order valence-corrected chi connectivity index (χ0v) is 26.0. The molecule has 41 heavy (non-hydrogen) atoms. The zero-order chi connectivity index (χ0) is 29.2. The molecule has 224 valence electrons. The number of piperidine rings is 1. The Morgan fingerprint density at radius 2 is 1.73 bits per heavy atom. The molecule has 1 aliphatic heterocycles. The first-order valence-electron chi connectivity index (χ1n) is 15.8. The van der Waals surface area contributed by atoms with Gasteiger partial charge in [-0.1, -0.05) is 19.3 Å². The SMILES string of the molecule is Cc1ncc(-c2ccc(OCC3CCC3)cn2)c(N2CCC3(CCCC3)CC2)c1[C@H](OC(C)(C)C)C(=O)OC(C)C. The van der Waals surface area contributed by atoms with E-state index in [9.17, 15) is 4.79 Å². The quantitative estimate of drug-likeness (QED) is 0.291. The summed E-state index contributed by atoms with van der Waals surface area (Å²) in [5.41, 5.74) is 4.20. The van der Waals surface area contributed by atoms with Gasteiger partial charge < -0.3 is 19.1 Å². The van der Waals surface area contributed by atoms with Crippen molar-refractivity contribution in [1.29, 1.82) is 0 Å². The van der Waals surface area contributed by atoms with E-state index in [0.717, 1.165) is 66.5 Å². The van der Waals surface area contributed by atoms with E-state index < -0.39 is 11.7 Å². The molecule has 0 aromatic carbocycles. The van der Waals surface area contributed by atoms with Crippen molar-refractivity contribution in [3.8, 4) is 17.0 Å². The highest BCUT2D eigenvalue weighted by Gasteiger charge is 2.40. The van der Waals surface area contributed by atoms with Crippen molar-refractivity contribution in [1.82, 2.24) is 9.97 Å². The van der Waals surface area contributed by atoms with Gasteiger partial charge in [0.05, 0.1) is 35.9 Å². The van der Waals surface area contributed by atoms with Gasteiger partial charge in [-0.15, -0.1) is 0 Å². The largest absolute Gasteiger partial charge is 0.492 e. The number of ether oxygens (including phenoxy) is 3. The maximum atomic E-state index is 13.6. The Morgan fingerprint density at radius 3 is 2.29 bits per heavy atom. The van der Waals surface area contributed by atoms with E-state index in [-0.39, 0.29) is 12.1 Å². The Bertz CT molecular complexity index is 1180. The molecule has 0 unspecified atom stereocenters. The number of nitrogens with zero attached hydrogens (tertiary/aromatic N) is 3. The van der Waals surface area contributed by atoms with Gasteiger partial charge in [0.2, 0.25) is 0 Å². The van der Waals surface area contributed by atoms with Crippen molar-refractivity contribution in [3.63, 3.8) is 0 Å². The Kier molecular flexibility index (Phi) is 8.93. The summed E-state index contributed by atoms with van der Waals surface area (Å²) in [4.78, 5) is 25.8. The first-order chi connectivity index (χ1) is 19.5. The molecule has 2 aliphatic carbocycles. The molecule has 0 radical (unpaired) electrons. The minimum atomic E-state index is -0.896. The molecule has 1 spiro atoms. The van der Waals surface area contributed by atoms with Gasteiger partial charge in [0.25, 0.3) is 0 Å². The minimum absolute atomic E-state index is 0.250. The van der Waals surface area contributed by atoms with Gasteiger partial charge in [0.1, 0.15) is 5.75 Å². The van der Waals surface area contributed by atoms with Crippen molar-refractivity contribution in [3.05, 3.63) is 35.8 Å². The van der Waals surface area contributed by atoms with Gasteiger partial charge >= 0.3 is 5.97 Å². The Hall–Kier alpha value is -2.67. The highest BCUT2D eigenvalue weighted by Crippen LogP contribution is 2.49. The molecule has 2 aromatic heterocycles. The van der Waals surface area contributed by atoms with E-state index in [1.54, 1.807) is 0 Å². The van der Waals surface area contributed by atoms with Crippen LogP contribution >= 0.6 is 0 Å². The second-order valence-corrected chi connectivity index (χ2v) is 13.8. The van der Waals surface area contributed by atoms with Crippen molar-refractivity contribution >= 4 is 11.7 Å². The van der Waals surface area contributed by atoms with Crippen molar-refractivity contribution in [2.24, 2.45) is 11.3 Å².